The fraction of sp³-hybridized carbons (Fsp3) is 0.625. The third kappa shape index (κ3) is 3.03. The maximum absolute atomic E-state index is 10.2. The Kier molecular flexibility index (Phi) is 4.77. The highest BCUT2D eigenvalue weighted by Gasteiger charge is 2.54. The number of hydrogen-bond acceptors (Lipinski definition) is 6. The monoisotopic (exact) mass is 309 g/mol. The number of rotatable bonds is 5. The lowest BCUT2D eigenvalue weighted by Gasteiger charge is -2.52. The van der Waals surface area contributed by atoms with Gasteiger partial charge in [0.25, 0.3) is 0 Å². The van der Waals surface area contributed by atoms with Crippen molar-refractivity contribution in [3.63, 3.8) is 0 Å². The van der Waals surface area contributed by atoms with Gasteiger partial charge < -0.3 is 29.8 Å². The van der Waals surface area contributed by atoms with Gasteiger partial charge in [0.15, 0.2) is 6.29 Å². The predicted octanol–water partition coefficient (Wildman–Crippen LogP) is 0.422. The van der Waals surface area contributed by atoms with Crippen LogP contribution in [0.25, 0.3) is 0 Å². The fourth-order valence-electron chi connectivity index (χ4n) is 3.16. The van der Waals surface area contributed by atoms with Crippen molar-refractivity contribution >= 4 is 0 Å². The van der Waals surface area contributed by atoms with Gasteiger partial charge in [-0.3, -0.25) is 0 Å². The molecule has 2 heterocycles. The first-order chi connectivity index (χ1) is 10.6. The molecule has 3 rings (SSSR count). The first-order valence-corrected chi connectivity index (χ1v) is 7.52. The third-order valence-corrected chi connectivity index (χ3v) is 4.33. The van der Waals surface area contributed by atoms with E-state index in [-0.39, 0.29) is 12.7 Å². The van der Waals surface area contributed by atoms with Crippen LogP contribution in [0.5, 0.6) is 0 Å². The highest BCUT2D eigenvalue weighted by molar-refractivity contribution is 5.13. The quantitative estimate of drug-likeness (QED) is 0.820. The molecule has 0 unspecified atom stereocenters. The lowest BCUT2D eigenvalue weighted by atomic mass is 9.85. The van der Waals surface area contributed by atoms with Crippen molar-refractivity contribution in [2.24, 2.45) is 5.73 Å². The normalized spacial score (nSPS) is 38.0. The van der Waals surface area contributed by atoms with Crippen LogP contribution in [-0.4, -0.2) is 55.6 Å². The first-order valence-electron chi connectivity index (χ1n) is 7.52. The van der Waals surface area contributed by atoms with Crippen molar-refractivity contribution in [2.45, 2.75) is 43.2 Å². The molecular formula is C16H23NO5. The Bertz CT molecular complexity index is 481. The van der Waals surface area contributed by atoms with E-state index in [1.165, 1.54) is 0 Å². The summed E-state index contributed by atoms with van der Waals surface area (Å²) < 4.78 is 23.0. The lowest BCUT2D eigenvalue weighted by molar-refractivity contribution is -0.349. The van der Waals surface area contributed by atoms with Gasteiger partial charge in [0.05, 0.1) is 38.1 Å². The van der Waals surface area contributed by atoms with E-state index in [0.29, 0.717) is 19.6 Å². The number of benzene rings is 1. The van der Waals surface area contributed by atoms with Gasteiger partial charge in [-0.2, -0.15) is 0 Å². The van der Waals surface area contributed by atoms with Gasteiger partial charge in [0.2, 0.25) is 0 Å². The van der Waals surface area contributed by atoms with Gasteiger partial charge in [-0.1, -0.05) is 30.3 Å². The van der Waals surface area contributed by atoms with Gasteiger partial charge in [0, 0.05) is 13.5 Å². The van der Waals surface area contributed by atoms with Crippen LogP contribution in [0.2, 0.25) is 0 Å². The number of ether oxygens (including phenoxy) is 4. The number of aliphatic hydroxyl groups is 1. The molecule has 0 saturated carbocycles. The summed E-state index contributed by atoms with van der Waals surface area (Å²) in [6, 6.07) is 9.45. The summed E-state index contributed by atoms with van der Waals surface area (Å²) in [7, 11) is 1.56. The second-order valence-electron chi connectivity index (χ2n) is 5.95. The molecule has 0 radical (unpaired) electrons. The Morgan fingerprint density at radius 3 is 2.86 bits per heavy atom. The summed E-state index contributed by atoms with van der Waals surface area (Å²) in [5, 5.41) is 10.2. The molecule has 22 heavy (non-hydrogen) atoms. The van der Waals surface area contributed by atoms with Crippen molar-refractivity contribution < 1.29 is 24.1 Å². The molecule has 2 bridgehead atoms. The summed E-state index contributed by atoms with van der Waals surface area (Å²) >= 11 is 0. The molecule has 1 aromatic rings. The molecule has 0 aromatic heterocycles. The number of aliphatic hydroxyl groups excluding tert-OH is 1. The summed E-state index contributed by atoms with van der Waals surface area (Å²) in [5.41, 5.74) is 6.22. The van der Waals surface area contributed by atoms with Crippen LogP contribution >= 0.6 is 0 Å². The Morgan fingerprint density at radius 2 is 2.14 bits per heavy atom. The molecule has 6 heteroatoms. The molecule has 122 valence electrons. The smallest absolute Gasteiger partial charge is 0.188 e. The molecular weight excluding hydrogens is 286 g/mol. The predicted molar refractivity (Wildman–Crippen MR) is 79.1 cm³/mol. The molecule has 2 saturated heterocycles. The molecule has 5 atom stereocenters. The van der Waals surface area contributed by atoms with Gasteiger partial charge in [0.1, 0.15) is 5.60 Å². The second kappa shape index (κ2) is 6.62. The Balaban J connectivity index is 1.67. The van der Waals surface area contributed by atoms with Crippen molar-refractivity contribution in [3.8, 4) is 0 Å². The molecule has 1 aromatic carbocycles. The Labute approximate surface area is 130 Å². The topological polar surface area (TPSA) is 83.2 Å². The summed E-state index contributed by atoms with van der Waals surface area (Å²) in [5.74, 6) is 0. The van der Waals surface area contributed by atoms with E-state index in [1.807, 2.05) is 30.3 Å². The van der Waals surface area contributed by atoms with E-state index in [4.69, 9.17) is 24.7 Å². The average Bonchev–Trinajstić information content (AvgIpc) is 2.54. The first kappa shape index (κ1) is 15.9. The number of fused-ring (bicyclic) bond motifs is 2. The van der Waals surface area contributed by atoms with Crippen LogP contribution in [0.3, 0.4) is 0 Å². The third-order valence-electron chi connectivity index (χ3n) is 4.33. The second-order valence-corrected chi connectivity index (χ2v) is 5.95. The van der Waals surface area contributed by atoms with Crippen molar-refractivity contribution in [3.05, 3.63) is 35.9 Å². The zero-order valence-electron chi connectivity index (χ0n) is 12.7. The van der Waals surface area contributed by atoms with E-state index in [1.54, 1.807) is 7.11 Å². The van der Waals surface area contributed by atoms with Crippen LogP contribution in [0.15, 0.2) is 30.3 Å². The molecule has 2 fully saturated rings. The zero-order valence-corrected chi connectivity index (χ0v) is 12.7. The summed E-state index contributed by atoms with van der Waals surface area (Å²) in [6.45, 7) is 1.06. The SMILES string of the molecule is CO[C@H]1OC[C@@H]2O[C@@]1(COCc1ccccc1)C[C@@H](O)[C@H]2N. The van der Waals surface area contributed by atoms with Crippen molar-refractivity contribution in [1.82, 2.24) is 0 Å². The molecule has 3 N–H and O–H groups in total. The summed E-state index contributed by atoms with van der Waals surface area (Å²) in [4.78, 5) is 0. The van der Waals surface area contributed by atoms with E-state index >= 15 is 0 Å². The fourth-order valence-corrected chi connectivity index (χ4v) is 3.16. The Hall–Kier alpha value is -1.02. The Morgan fingerprint density at radius 1 is 1.36 bits per heavy atom. The maximum Gasteiger partial charge on any atom is 0.188 e. The molecule has 2 aliphatic rings. The highest BCUT2D eigenvalue weighted by atomic mass is 16.7. The minimum absolute atomic E-state index is 0.278. The minimum Gasteiger partial charge on any atom is -0.391 e. The van der Waals surface area contributed by atoms with Crippen LogP contribution in [-0.2, 0) is 25.6 Å². The molecule has 0 spiro atoms. The lowest BCUT2D eigenvalue weighted by Crippen LogP contribution is -2.69. The van der Waals surface area contributed by atoms with Gasteiger partial charge in [-0.05, 0) is 5.56 Å². The standard InChI is InChI=1S/C16H23NO5/c1-19-15-16(10-20-8-11-5-3-2-4-6-11)7-12(18)14(17)13(22-16)9-21-15/h2-6,12-15,18H,7-10,17H2,1H3/t12-,13+,14-,15+,16-/m1/s1. The summed E-state index contributed by atoms with van der Waals surface area (Å²) in [6.07, 6.45) is -1.23. The molecule has 2 aliphatic heterocycles. The van der Waals surface area contributed by atoms with E-state index < -0.39 is 24.0 Å². The van der Waals surface area contributed by atoms with Crippen LogP contribution in [0.4, 0.5) is 0 Å². The zero-order chi connectivity index (χ0) is 15.6. The largest absolute Gasteiger partial charge is 0.391 e. The minimum atomic E-state index is -0.818. The molecule has 0 amide bonds. The van der Waals surface area contributed by atoms with E-state index in [9.17, 15) is 5.11 Å². The van der Waals surface area contributed by atoms with E-state index in [2.05, 4.69) is 0 Å². The van der Waals surface area contributed by atoms with Gasteiger partial charge >= 0.3 is 0 Å². The molecule has 6 nitrogen and oxygen atoms in total. The molecule has 0 aliphatic carbocycles. The maximum atomic E-state index is 10.2. The van der Waals surface area contributed by atoms with Gasteiger partial charge in [-0.15, -0.1) is 0 Å². The van der Waals surface area contributed by atoms with Crippen LogP contribution in [0, 0.1) is 0 Å². The number of hydrogen-bond donors (Lipinski definition) is 2. The van der Waals surface area contributed by atoms with Gasteiger partial charge in [-0.25, -0.2) is 0 Å². The van der Waals surface area contributed by atoms with E-state index in [0.717, 1.165) is 5.56 Å². The van der Waals surface area contributed by atoms with Crippen LogP contribution < -0.4 is 5.73 Å². The van der Waals surface area contributed by atoms with Crippen LogP contribution in [0.1, 0.15) is 12.0 Å². The average molecular weight is 309 g/mol. The number of methoxy groups -OCH3 is 1. The van der Waals surface area contributed by atoms with Crippen molar-refractivity contribution in [1.29, 1.82) is 0 Å². The number of nitrogens with two attached hydrogens (primary N) is 1. The van der Waals surface area contributed by atoms with Crippen molar-refractivity contribution in [2.75, 3.05) is 20.3 Å². The highest BCUT2D eigenvalue weighted by Crippen LogP contribution is 2.37.